The van der Waals surface area contributed by atoms with Crippen molar-refractivity contribution in [1.29, 1.82) is 0 Å². The molecule has 0 aliphatic carbocycles. The van der Waals surface area contributed by atoms with Crippen molar-refractivity contribution in [3.05, 3.63) is 130 Å². The van der Waals surface area contributed by atoms with E-state index < -0.39 is 12.2 Å². The predicted molar refractivity (Wildman–Crippen MR) is 168 cm³/mol. The fourth-order valence-corrected chi connectivity index (χ4v) is 4.87. The van der Waals surface area contributed by atoms with Crippen LogP contribution in [0.3, 0.4) is 0 Å². The molecule has 1 fully saturated rings. The summed E-state index contributed by atoms with van der Waals surface area (Å²) in [6.45, 7) is 9.69. The van der Waals surface area contributed by atoms with E-state index in [1.54, 1.807) is 0 Å². The first kappa shape index (κ1) is 29.2. The topological polar surface area (TPSA) is 61.6 Å². The van der Waals surface area contributed by atoms with Crippen LogP contribution in [0.1, 0.15) is 33.4 Å². The molecule has 0 radical (unpaired) electrons. The Morgan fingerprint density at radius 3 is 1.21 bits per heavy atom. The minimum atomic E-state index is -0.454. The molecule has 4 aromatic rings. The maximum Gasteiger partial charge on any atom is 0.279 e. The van der Waals surface area contributed by atoms with Crippen molar-refractivity contribution in [3.63, 3.8) is 0 Å². The smallest absolute Gasteiger partial charge is 0.279 e. The number of hydrogen-bond donors (Lipinski definition) is 0. The van der Waals surface area contributed by atoms with Crippen LogP contribution in [0.15, 0.2) is 107 Å². The highest BCUT2D eigenvalue weighted by atomic mass is 16.6. The fraction of sp³-hybridized carbons (Fsp3) is 0.278. The third kappa shape index (κ3) is 7.52. The summed E-state index contributed by atoms with van der Waals surface area (Å²) in [5.74, 6) is 0.672. The molecule has 0 amide bonds. The minimum absolute atomic E-state index is 0.302. The molecule has 6 nitrogen and oxygen atoms in total. The number of hydrogen-bond acceptors (Lipinski definition) is 6. The largest absolute Gasteiger partial charge is 0.464 e. The quantitative estimate of drug-likeness (QED) is 0.197. The summed E-state index contributed by atoms with van der Waals surface area (Å²) in [6, 6.07) is 32.4. The average molecular weight is 563 g/mol. The highest BCUT2D eigenvalue weighted by Crippen LogP contribution is 2.29. The van der Waals surface area contributed by atoms with Gasteiger partial charge in [0, 0.05) is 0 Å². The zero-order chi connectivity index (χ0) is 29.3. The first-order chi connectivity index (χ1) is 20.5. The molecule has 42 heavy (non-hydrogen) atoms. The average Bonchev–Trinajstić information content (AvgIpc) is 2.99. The zero-order valence-corrected chi connectivity index (χ0v) is 24.7. The molecule has 0 saturated carbocycles. The number of benzene rings is 4. The summed E-state index contributed by atoms with van der Waals surface area (Å²) in [5, 5.41) is 0. The molecule has 0 spiro atoms. The lowest BCUT2D eigenvalue weighted by molar-refractivity contribution is -0.0750. The summed E-state index contributed by atoms with van der Waals surface area (Å²) < 4.78 is 25.5. The molecule has 1 aliphatic heterocycles. The van der Waals surface area contributed by atoms with Crippen LogP contribution in [0.4, 0.5) is 11.4 Å². The maximum atomic E-state index is 6.61. The van der Waals surface area contributed by atoms with Crippen LogP contribution in [0.2, 0.25) is 0 Å². The van der Waals surface area contributed by atoms with E-state index >= 15 is 0 Å². The Morgan fingerprint density at radius 1 is 0.500 bits per heavy atom. The molecule has 1 aliphatic rings. The van der Waals surface area contributed by atoms with Crippen LogP contribution in [0, 0.1) is 27.7 Å². The number of nitrogens with zero attached hydrogens (tertiary/aromatic N) is 2. The van der Waals surface area contributed by atoms with Gasteiger partial charge in [-0.25, -0.2) is 9.98 Å². The number of para-hydroxylation sites is 2. The summed E-state index contributed by atoms with van der Waals surface area (Å²) in [7, 11) is 0. The lowest BCUT2D eigenvalue weighted by Crippen LogP contribution is -2.49. The fourth-order valence-electron chi connectivity index (χ4n) is 4.87. The second-order valence-electron chi connectivity index (χ2n) is 10.6. The molecule has 4 aromatic carbocycles. The van der Waals surface area contributed by atoms with Gasteiger partial charge >= 0.3 is 0 Å². The van der Waals surface area contributed by atoms with E-state index in [2.05, 4.69) is 0 Å². The van der Waals surface area contributed by atoms with Gasteiger partial charge in [-0.05, 0) is 61.1 Å². The Morgan fingerprint density at radius 2 is 0.857 bits per heavy atom. The molecule has 1 heterocycles. The minimum Gasteiger partial charge on any atom is -0.464 e. The highest BCUT2D eigenvalue weighted by Gasteiger charge is 2.37. The van der Waals surface area contributed by atoms with Crippen molar-refractivity contribution >= 4 is 23.2 Å². The van der Waals surface area contributed by atoms with Gasteiger partial charge in [0.1, 0.15) is 0 Å². The Hall–Kier alpha value is -4.26. The van der Waals surface area contributed by atoms with Crippen LogP contribution in [-0.4, -0.2) is 37.2 Å². The summed E-state index contributed by atoms with van der Waals surface area (Å²) >= 11 is 0. The maximum absolute atomic E-state index is 6.61. The molecule has 0 aromatic heterocycles. The Kier molecular flexibility index (Phi) is 9.80. The zero-order valence-electron chi connectivity index (χ0n) is 24.7. The molecule has 2 unspecified atom stereocenters. The lowest BCUT2D eigenvalue weighted by Gasteiger charge is -2.34. The SMILES string of the molecule is Cc1cccc(C)c1N=C1OC(COCc2ccccc2)C(COCc2ccccc2)OC1=Nc1c(C)cccc1C. The third-order valence-corrected chi connectivity index (χ3v) is 7.22. The number of aryl methyl sites for hydroxylation is 4. The molecule has 1 saturated heterocycles. The van der Waals surface area contributed by atoms with Crippen LogP contribution < -0.4 is 0 Å². The van der Waals surface area contributed by atoms with Crippen molar-refractivity contribution in [3.8, 4) is 0 Å². The highest BCUT2D eigenvalue weighted by molar-refractivity contribution is 6.37. The van der Waals surface area contributed by atoms with Gasteiger partial charge in [-0.15, -0.1) is 0 Å². The number of rotatable bonds is 10. The van der Waals surface area contributed by atoms with Crippen molar-refractivity contribution < 1.29 is 18.9 Å². The molecule has 2 atom stereocenters. The van der Waals surface area contributed by atoms with E-state index in [0.29, 0.717) is 38.2 Å². The molecule has 5 rings (SSSR count). The normalized spacial score (nSPS) is 18.6. The van der Waals surface area contributed by atoms with Gasteiger partial charge in [0.15, 0.2) is 12.2 Å². The van der Waals surface area contributed by atoms with Gasteiger partial charge < -0.3 is 18.9 Å². The van der Waals surface area contributed by atoms with Gasteiger partial charge in [-0.3, -0.25) is 0 Å². The van der Waals surface area contributed by atoms with Crippen molar-refractivity contribution in [2.24, 2.45) is 9.98 Å². The summed E-state index contributed by atoms with van der Waals surface area (Å²) in [5.41, 5.74) is 8.04. The van der Waals surface area contributed by atoms with Crippen molar-refractivity contribution in [2.75, 3.05) is 13.2 Å². The van der Waals surface area contributed by atoms with Crippen LogP contribution >= 0.6 is 0 Å². The van der Waals surface area contributed by atoms with Gasteiger partial charge in [0.2, 0.25) is 0 Å². The van der Waals surface area contributed by atoms with Gasteiger partial charge in [-0.1, -0.05) is 97.1 Å². The molecule has 216 valence electrons. The van der Waals surface area contributed by atoms with E-state index in [0.717, 1.165) is 44.8 Å². The standard InChI is InChI=1S/C36H38N2O4/c1-25-13-11-14-26(2)33(25)37-35-36(38-34-27(3)15-12-16-28(34)4)42-32(24-40-22-30-19-9-6-10-20-30)31(41-35)23-39-21-29-17-7-5-8-18-29/h5-20,31-32H,21-24H2,1-4H3. The van der Waals surface area contributed by atoms with Crippen LogP contribution in [0.5, 0.6) is 0 Å². The van der Waals surface area contributed by atoms with E-state index in [-0.39, 0.29) is 0 Å². The van der Waals surface area contributed by atoms with E-state index in [9.17, 15) is 0 Å². The monoisotopic (exact) mass is 562 g/mol. The van der Waals surface area contributed by atoms with Gasteiger partial charge in [-0.2, -0.15) is 0 Å². The van der Waals surface area contributed by atoms with Crippen LogP contribution in [0.25, 0.3) is 0 Å². The lowest BCUT2D eigenvalue weighted by atomic mass is 10.1. The van der Waals surface area contributed by atoms with Gasteiger partial charge in [0.25, 0.3) is 11.8 Å². The summed E-state index contributed by atoms with van der Waals surface area (Å²) in [4.78, 5) is 9.95. The number of aliphatic imine (C=N–C) groups is 2. The number of ether oxygens (including phenoxy) is 4. The first-order valence-electron chi connectivity index (χ1n) is 14.3. The third-order valence-electron chi connectivity index (χ3n) is 7.22. The first-order valence-corrected chi connectivity index (χ1v) is 14.3. The van der Waals surface area contributed by atoms with E-state index in [1.807, 2.05) is 125 Å². The second-order valence-corrected chi connectivity index (χ2v) is 10.6. The van der Waals surface area contributed by atoms with E-state index in [4.69, 9.17) is 28.9 Å². The molecule has 0 N–H and O–H groups in total. The Labute approximate surface area is 248 Å². The van der Waals surface area contributed by atoms with Gasteiger partial charge in [0.05, 0.1) is 37.8 Å². The molecular weight excluding hydrogens is 524 g/mol. The molecule has 6 heteroatoms. The Bertz CT molecular complexity index is 1380. The van der Waals surface area contributed by atoms with Crippen molar-refractivity contribution in [1.82, 2.24) is 0 Å². The Balaban J connectivity index is 1.46. The predicted octanol–water partition coefficient (Wildman–Crippen LogP) is 7.90. The summed E-state index contributed by atoms with van der Waals surface area (Å²) in [6.07, 6.45) is -0.908. The molecular formula is C36H38N2O4. The van der Waals surface area contributed by atoms with Crippen molar-refractivity contribution in [2.45, 2.75) is 53.1 Å². The van der Waals surface area contributed by atoms with Crippen LogP contribution in [-0.2, 0) is 32.2 Å². The second kappa shape index (κ2) is 14.1. The molecule has 0 bridgehead atoms. The van der Waals surface area contributed by atoms with E-state index in [1.165, 1.54) is 0 Å².